The number of hydrogen-bond acceptors (Lipinski definition) is 2. The molecule has 0 saturated heterocycles. The molecular formula is C51H35NS. The van der Waals surface area contributed by atoms with Gasteiger partial charge in [0.15, 0.2) is 0 Å². The Morgan fingerprint density at radius 3 is 1.85 bits per heavy atom. The van der Waals surface area contributed by atoms with Gasteiger partial charge in [0.25, 0.3) is 0 Å². The highest BCUT2D eigenvalue weighted by Gasteiger charge is 2.35. The first-order chi connectivity index (χ1) is 26.0. The van der Waals surface area contributed by atoms with Crippen molar-refractivity contribution in [2.75, 3.05) is 4.90 Å². The van der Waals surface area contributed by atoms with Crippen LogP contribution in [0.5, 0.6) is 0 Å². The smallest absolute Gasteiger partial charge is 0.0476 e. The summed E-state index contributed by atoms with van der Waals surface area (Å²) in [5, 5.41) is 10.3. The second-order valence-electron chi connectivity index (χ2n) is 14.9. The maximum Gasteiger partial charge on any atom is 0.0476 e. The molecule has 1 aromatic heterocycles. The predicted molar refractivity (Wildman–Crippen MR) is 230 cm³/mol. The molecule has 0 bridgehead atoms. The van der Waals surface area contributed by atoms with Crippen LogP contribution in [0.2, 0.25) is 0 Å². The zero-order valence-electron chi connectivity index (χ0n) is 29.6. The molecule has 1 nitrogen and oxygen atoms in total. The largest absolute Gasteiger partial charge is 0.310 e. The second-order valence-corrected chi connectivity index (χ2v) is 16.0. The first kappa shape index (κ1) is 30.4. The van der Waals surface area contributed by atoms with Crippen molar-refractivity contribution in [1.29, 1.82) is 0 Å². The van der Waals surface area contributed by atoms with E-state index in [2.05, 4.69) is 195 Å². The van der Waals surface area contributed by atoms with Gasteiger partial charge in [-0.15, -0.1) is 11.3 Å². The maximum absolute atomic E-state index is 2.44. The molecule has 0 spiro atoms. The lowest BCUT2D eigenvalue weighted by Gasteiger charge is -2.27. The summed E-state index contributed by atoms with van der Waals surface area (Å²) in [6, 6.07) is 65.5. The van der Waals surface area contributed by atoms with Gasteiger partial charge in [-0.05, 0) is 114 Å². The van der Waals surface area contributed by atoms with Crippen LogP contribution < -0.4 is 4.90 Å². The van der Waals surface area contributed by atoms with Crippen LogP contribution in [0, 0.1) is 0 Å². The highest BCUT2D eigenvalue weighted by Crippen LogP contribution is 2.51. The lowest BCUT2D eigenvalue weighted by atomic mass is 9.82. The summed E-state index contributed by atoms with van der Waals surface area (Å²) in [6.45, 7) is 4.70. The Labute approximate surface area is 313 Å². The normalized spacial score (nSPS) is 13.2. The number of rotatable bonds is 4. The van der Waals surface area contributed by atoms with Gasteiger partial charge in [0.05, 0.1) is 0 Å². The van der Waals surface area contributed by atoms with Gasteiger partial charge < -0.3 is 4.90 Å². The van der Waals surface area contributed by atoms with Crippen molar-refractivity contribution in [2.45, 2.75) is 19.3 Å². The minimum Gasteiger partial charge on any atom is -0.310 e. The fraction of sp³-hybridized carbons (Fsp3) is 0.0588. The van der Waals surface area contributed by atoms with Crippen molar-refractivity contribution in [3.05, 3.63) is 187 Å². The fourth-order valence-electron chi connectivity index (χ4n) is 9.04. The van der Waals surface area contributed by atoms with Gasteiger partial charge in [0.1, 0.15) is 0 Å². The summed E-state index contributed by atoms with van der Waals surface area (Å²) in [5.41, 5.74) is 11.3. The highest BCUT2D eigenvalue weighted by molar-refractivity contribution is 7.25. The van der Waals surface area contributed by atoms with Gasteiger partial charge in [0, 0.05) is 42.6 Å². The van der Waals surface area contributed by atoms with Crippen LogP contribution >= 0.6 is 11.3 Å². The topological polar surface area (TPSA) is 3.24 Å². The van der Waals surface area contributed by atoms with E-state index in [0.717, 1.165) is 17.1 Å². The summed E-state index contributed by atoms with van der Waals surface area (Å²) in [4.78, 5) is 2.44. The van der Waals surface area contributed by atoms with Crippen molar-refractivity contribution >= 4 is 80.9 Å². The Balaban J connectivity index is 1.10. The lowest BCUT2D eigenvalue weighted by molar-refractivity contribution is 0.660. The zero-order valence-corrected chi connectivity index (χ0v) is 30.4. The molecule has 0 amide bonds. The Morgan fingerprint density at radius 1 is 0.377 bits per heavy atom. The Kier molecular flexibility index (Phi) is 6.53. The third-order valence-electron chi connectivity index (χ3n) is 11.6. The van der Waals surface area contributed by atoms with Crippen LogP contribution in [0.15, 0.2) is 176 Å². The van der Waals surface area contributed by atoms with Crippen LogP contribution in [0.4, 0.5) is 17.1 Å². The maximum atomic E-state index is 2.44. The SMILES string of the molecule is CC1(C)c2ccccc2-c2cc(N(c3ccc(-c4cc5c6ccccc6ccc5c5ccccc45)cc3)c3ccc4c(c3)sc3ccccc34)ccc21. The summed E-state index contributed by atoms with van der Waals surface area (Å²) in [5.74, 6) is 0. The van der Waals surface area contributed by atoms with Crippen LogP contribution in [0.1, 0.15) is 25.0 Å². The molecule has 0 unspecified atom stereocenters. The second kappa shape index (κ2) is 11.4. The molecule has 53 heavy (non-hydrogen) atoms. The molecule has 1 aliphatic rings. The average Bonchev–Trinajstić information content (AvgIpc) is 3.69. The molecule has 1 aliphatic carbocycles. The van der Waals surface area contributed by atoms with E-state index in [0.29, 0.717) is 0 Å². The Morgan fingerprint density at radius 2 is 0.981 bits per heavy atom. The highest BCUT2D eigenvalue weighted by atomic mass is 32.1. The van der Waals surface area contributed by atoms with E-state index in [9.17, 15) is 0 Å². The molecular weight excluding hydrogens is 659 g/mol. The molecule has 0 saturated carbocycles. The van der Waals surface area contributed by atoms with E-state index in [1.807, 2.05) is 11.3 Å². The summed E-state index contributed by atoms with van der Waals surface area (Å²) in [6.07, 6.45) is 0. The van der Waals surface area contributed by atoms with Gasteiger partial charge in [-0.3, -0.25) is 0 Å². The molecule has 0 fully saturated rings. The molecule has 0 radical (unpaired) electrons. The quantitative estimate of drug-likeness (QED) is 0.166. The summed E-state index contributed by atoms with van der Waals surface area (Å²) in [7, 11) is 0. The van der Waals surface area contributed by atoms with Crippen molar-refractivity contribution in [3.8, 4) is 22.3 Å². The molecule has 9 aromatic carbocycles. The first-order valence-corrected chi connectivity index (χ1v) is 19.2. The lowest BCUT2D eigenvalue weighted by Crippen LogP contribution is -2.15. The number of hydrogen-bond donors (Lipinski definition) is 0. The van der Waals surface area contributed by atoms with E-state index in [4.69, 9.17) is 0 Å². The third kappa shape index (κ3) is 4.56. The molecule has 10 aromatic rings. The summed E-state index contributed by atoms with van der Waals surface area (Å²) >= 11 is 1.87. The monoisotopic (exact) mass is 693 g/mol. The molecule has 11 rings (SSSR count). The number of anilines is 3. The van der Waals surface area contributed by atoms with Crippen LogP contribution in [-0.2, 0) is 5.41 Å². The number of thiophene rings is 1. The minimum atomic E-state index is -0.0408. The van der Waals surface area contributed by atoms with Crippen molar-refractivity contribution < 1.29 is 0 Å². The van der Waals surface area contributed by atoms with E-state index in [1.54, 1.807) is 0 Å². The van der Waals surface area contributed by atoms with Crippen molar-refractivity contribution in [3.63, 3.8) is 0 Å². The van der Waals surface area contributed by atoms with Gasteiger partial charge >= 0.3 is 0 Å². The van der Waals surface area contributed by atoms with Crippen LogP contribution in [0.3, 0.4) is 0 Å². The zero-order chi connectivity index (χ0) is 35.3. The molecule has 0 atom stereocenters. The van der Waals surface area contributed by atoms with E-state index >= 15 is 0 Å². The number of fused-ring (bicyclic) bond motifs is 11. The predicted octanol–water partition coefficient (Wildman–Crippen LogP) is 15.0. The molecule has 250 valence electrons. The number of nitrogens with zero attached hydrogens (tertiary/aromatic N) is 1. The van der Waals surface area contributed by atoms with E-state index in [-0.39, 0.29) is 5.41 Å². The van der Waals surface area contributed by atoms with Crippen LogP contribution in [0.25, 0.3) is 74.7 Å². The standard InChI is InChI=1S/C51H35NS/c1-51(2)47-17-9-7-15-41(47)46-29-35(25-28-48(46)51)52(36-24-27-43-42-16-8-10-18-49(42)53-50(43)30-36)34-22-19-33(20-23-34)44-31-45-37-12-4-3-11-32(37)21-26-40(45)38-13-5-6-14-39(38)44/h3-31H,1-2H3. The van der Waals surface area contributed by atoms with Gasteiger partial charge in [-0.2, -0.15) is 0 Å². The van der Waals surface area contributed by atoms with Gasteiger partial charge in [0.2, 0.25) is 0 Å². The Bertz CT molecular complexity index is 3090. The fourth-order valence-corrected chi connectivity index (χ4v) is 10.2. The van der Waals surface area contributed by atoms with Gasteiger partial charge in [-0.25, -0.2) is 0 Å². The minimum absolute atomic E-state index is 0.0408. The molecule has 0 N–H and O–H groups in total. The number of benzene rings is 9. The van der Waals surface area contributed by atoms with Crippen LogP contribution in [-0.4, -0.2) is 0 Å². The first-order valence-electron chi connectivity index (χ1n) is 18.4. The molecule has 2 heteroatoms. The average molecular weight is 694 g/mol. The molecule has 1 heterocycles. The summed E-state index contributed by atoms with van der Waals surface area (Å²) < 4.78 is 2.62. The van der Waals surface area contributed by atoms with E-state index < -0.39 is 0 Å². The molecule has 0 aliphatic heterocycles. The van der Waals surface area contributed by atoms with Gasteiger partial charge in [-0.1, -0.05) is 141 Å². The van der Waals surface area contributed by atoms with E-state index in [1.165, 1.54) is 85.9 Å². The third-order valence-corrected chi connectivity index (χ3v) is 12.8. The van der Waals surface area contributed by atoms with Crippen molar-refractivity contribution in [1.82, 2.24) is 0 Å². The van der Waals surface area contributed by atoms with Crippen molar-refractivity contribution in [2.24, 2.45) is 0 Å². The Hall–Kier alpha value is -6.22.